The minimum atomic E-state index is 0. The Kier molecular flexibility index (Phi) is 20.7. The van der Waals surface area contributed by atoms with E-state index in [-0.39, 0.29) is 34.1 Å². The zero-order valence-electron chi connectivity index (χ0n) is 26.6. The van der Waals surface area contributed by atoms with Gasteiger partial charge in [-0.2, -0.15) is 74.2 Å². The van der Waals surface area contributed by atoms with Crippen LogP contribution in [0.5, 0.6) is 0 Å². The van der Waals surface area contributed by atoms with E-state index < -0.39 is 0 Å². The quantitative estimate of drug-likeness (QED) is 0.166. The Bertz CT molecular complexity index is 1070. The molecule has 0 N–H and O–H groups in total. The Hall–Kier alpha value is -3.40. The third kappa shape index (κ3) is 14.5. The number of hydrogen-bond acceptors (Lipinski definition) is 4. The van der Waals surface area contributed by atoms with Crippen molar-refractivity contribution in [2.24, 2.45) is 0 Å². The van der Waals surface area contributed by atoms with E-state index in [2.05, 4.69) is 71.6 Å². The van der Waals surface area contributed by atoms with Crippen molar-refractivity contribution in [3.8, 4) is 0 Å². The summed E-state index contributed by atoms with van der Waals surface area (Å²) >= 11 is 0. The number of anilines is 4. The number of rotatable bonds is 4. The fourth-order valence-electron chi connectivity index (χ4n) is 3.79. The van der Waals surface area contributed by atoms with E-state index in [4.69, 9.17) is 0 Å². The normalized spacial score (nSPS) is 8.95. The maximum absolute atomic E-state index is 3.90. The molecule has 6 heteroatoms. The molecule has 0 saturated carbocycles. The third-order valence-electron chi connectivity index (χ3n) is 5.89. The van der Waals surface area contributed by atoms with Gasteiger partial charge in [-0.25, -0.2) is 0 Å². The monoisotopic (exact) mass is 646 g/mol. The number of hydrogen-bond donors (Lipinski definition) is 0. The van der Waals surface area contributed by atoms with E-state index in [1.165, 1.54) is 22.7 Å². The molecule has 4 nitrogen and oxygen atoms in total. The first-order valence-corrected chi connectivity index (χ1v) is 13.2. The van der Waals surface area contributed by atoms with E-state index in [1.54, 1.807) is 0 Å². The van der Waals surface area contributed by atoms with Gasteiger partial charge in [-0.15, -0.1) is 24.3 Å². The summed E-state index contributed by atoms with van der Waals surface area (Å²) in [5, 5.41) is 0. The summed E-state index contributed by atoms with van der Waals surface area (Å²) in [6, 6.07) is 32.3. The zero-order chi connectivity index (χ0) is 30.2. The Morgan fingerprint density at radius 2 is 0.452 bits per heavy atom. The van der Waals surface area contributed by atoms with Crippen LogP contribution >= 0.6 is 0 Å². The van der Waals surface area contributed by atoms with E-state index in [0.29, 0.717) is 0 Å². The van der Waals surface area contributed by atoms with Crippen LogP contribution in [-0.2, 0) is 34.1 Å². The summed E-state index contributed by atoms with van der Waals surface area (Å²) in [6.07, 6.45) is 0. The molecule has 0 saturated heterocycles. The van der Waals surface area contributed by atoms with Gasteiger partial charge in [-0.05, 0) is 56.4 Å². The van der Waals surface area contributed by atoms with Gasteiger partial charge in [-0.1, -0.05) is 71.3 Å². The van der Waals surface area contributed by atoms with Crippen molar-refractivity contribution in [1.82, 2.24) is 0 Å². The topological polar surface area (TPSA) is 13.0 Å². The van der Waals surface area contributed by atoms with Gasteiger partial charge in [0.05, 0.1) is 0 Å². The minimum absolute atomic E-state index is 0. The third-order valence-corrected chi connectivity index (χ3v) is 5.89. The second-order valence-electron chi connectivity index (χ2n) is 10.1. The van der Waals surface area contributed by atoms with Crippen molar-refractivity contribution < 1.29 is 34.1 Å². The first kappa shape index (κ1) is 40.7. The van der Waals surface area contributed by atoms with Crippen LogP contribution in [0.15, 0.2) is 97.1 Å². The van der Waals surface area contributed by atoms with Crippen molar-refractivity contribution in [2.75, 3.05) is 76.0 Å². The maximum atomic E-state index is 3.90. The van der Waals surface area contributed by atoms with E-state index in [1.807, 2.05) is 129 Å². The van der Waals surface area contributed by atoms with Crippen molar-refractivity contribution in [3.63, 3.8) is 0 Å². The average molecular weight is 647 g/mol. The molecular weight excluding hydrogens is 598 g/mol. The van der Waals surface area contributed by atoms with E-state index >= 15 is 0 Å². The number of benzene rings is 4. The van der Waals surface area contributed by atoms with E-state index in [9.17, 15) is 0 Å². The van der Waals surface area contributed by atoms with Gasteiger partial charge in [0.25, 0.3) is 0 Å². The molecule has 0 aliphatic heterocycles. The Morgan fingerprint density at radius 3 is 0.548 bits per heavy atom. The molecule has 0 spiro atoms. The smallest absolute Gasteiger partial charge is 0.428 e. The van der Waals surface area contributed by atoms with Crippen LogP contribution in [-0.4, -0.2) is 56.4 Å². The summed E-state index contributed by atoms with van der Waals surface area (Å²) in [4.78, 5) is 8.23. The molecule has 0 bridgehead atoms. The van der Waals surface area contributed by atoms with Crippen LogP contribution in [0.2, 0.25) is 0 Å². The molecule has 4 rings (SSSR count). The molecule has 4 aromatic carbocycles. The minimum Gasteiger partial charge on any atom is -0.428 e. The molecule has 0 unspecified atom stereocenters. The first-order chi connectivity index (χ1) is 18.9. The molecule has 226 valence electrons. The van der Waals surface area contributed by atoms with Gasteiger partial charge in [0.15, 0.2) is 0 Å². The largest absolute Gasteiger partial charge is 2.00 e. The Labute approximate surface area is 278 Å². The average Bonchev–Trinajstić information content (AvgIpc) is 2.90. The molecule has 4 aromatic rings. The van der Waals surface area contributed by atoms with Crippen LogP contribution in [0.4, 0.5) is 22.7 Å². The fraction of sp³-hybridized carbons (Fsp3) is 0.222. The van der Waals surface area contributed by atoms with Crippen LogP contribution in [0, 0.1) is 27.7 Å². The van der Waals surface area contributed by atoms with Crippen LogP contribution < -0.4 is 19.6 Å². The van der Waals surface area contributed by atoms with Crippen LogP contribution in [0.1, 0.15) is 22.3 Å². The van der Waals surface area contributed by atoms with Crippen LogP contribution in [0.25, 0.3) is 0 Å². The van der Waals surface area contributed by atoms with Crippen molar-refractivity contribution in [3.05, 3.63) is 147 Å². The Morgan fingerprint density at radius 1 is 0.310 bits per heavy atom. The van der Waals surface area contributed by atoms with Crippen molar-refractivity contribution in [1.29, 1.82) is 0 Å². The fourth-order valence-corrected chi connectivity index (χ4v) is 3.79. The van der Waals surface area contributed by atoms with Gasteiger partial charge < -0.3 is 19.6 Å². The second-order valence-corrected chi connectivity index (χ2v) is 10.1. The van der Waals surface area contributed by atoms with Gasteiger partial charge in [0, 0.05) is 0 Å². The first-order valence-electron chi connectivity index (χ1n) is 13.2. The van der Waals surface area contributed by atoms with Gasteiger partial charge >= 0.3 is 34.1 Å². The van der Waals surface area contributed by atoms with Crippen LogP contribution in [0.3, 0.4) is 0 Å². The van der Waals surface area contributed by atoms with Gasteiger partial charge in [-0.3, -0.25) is 0 Å². The maximum Gasteiger partial charge on any atom is 2.00 e. The summed E-state index contributed by atoms with van der Waals surface area (Å²) in [5.41, 5.74) is 9.04. The number of para-hydroxylation sites is 4. The van der Waals surface area contributed by atoms with Crippen molar-refractivity contribution >= 4 is 22.7 Å². The molecule has 0 aromatic heterocycles. The summed E-state index contributed by atoms with van der Waals surface area (Å²) in [7, 11) is 16.1. The molecule has 0 aliphatic rings. The standard InChI is InChI=1S/4C9H12N.2Mn/c4*1-8-6-4-5-7-9(8)10(2)3;;/h4*4-7H,1H2,2-3H3;;/q4*-1;2*+2. The van der Waals surface area contributed by atoms with Crippen molar-refractivity contribution in [2.45, 2.75) is 0 Å². The molecular formula is C36H48Mn2N4. The predicted molar refractivity (Wildman–Crippen MR) is 181 cm³/mol. The number of nitrogens with zero attached hydrogens (tertiary/aromatic N) is 4. The zero-order valence-corrected chi connectivity index (χ0v) is 29.0. The summed E-state index contributed by atoms with van der Waals surface area (Å²) in [5.74, 6) is 0. The summed E-state index contributed by atoms with van der Waals surface area (Å²) in [6.45, 7) is 15.6. The SMILES string of the molecule is [CH2-]c1ccccc1N(C)C.[CH2-]c1ccccc1N(C)C.[CH2-]c1ccccc1N(C)C.[CH2-]c1ccccc1N(C)C.[Mn+2].[Mn+2]. The molecule has 42 heavy (non-hydrogen) atoms. The predicted octanol–water partition coefficient (Wildman–Crippen LogP) is 7.73. The molecule has 0 fully saturated rings. The van der Waals surface area contributed by atoms with E-state index in [0.717, 1.165) is 22.3 Å². The van der Waals surface area contributed by atoms with Gasteiger partial charge in [0.2, 0.25) is 0 Å². The Balaban J connectivity index is 0. The summed E-state index contributed by atoms with van der Waals surface area (Å²) < 4.78 is 0. The second kappa shape index (κ2) is 21.3. The molecule has 0 heterocycles. The van der Waals surface area contributed by atoms with Gasteiger partial charge in [0.1, 0.15) is 0 Å². The molecule has 0 atom stereocenters. The molecule has 0 aliphatic carbocycles. The molecule has 0 amide bonds. The molecule has 2 radical (unpaired) electrons.